The highest BCUT2D eigenvalue weighted by Gasteiger charge is 2.04. The van der Waals surface area contributed by atoms with Gasteiger partial charge in [-0.25, -0.2) is 4.98 Å². The molecule has 0 atom stereocenters. The number of hydrogen-bond acceptors (Lipinski definition) is 3. The maximum atomic E-state index is 5.95. The number of benzene rings is 1. The average molecular weight is 255 g/mol. The number of rotatable bonds is 2. The molecule has 2 aromatic rings. The smallest absolute Gasteiger partial charge is 0.220 e. The molecule has 16 heavy (non-hydrogen) atoms. The molecule has 1 aromatic carbocycles. The second kappa shape index (κ2) is 4.60. The maximum Gasteiger partial charge on any atom is 0.220 e. The Morgan fingerprint density at radius 3 is 2.62 bits per heavy atom. The van der Waals surface area contributed by atoms with Crippen LogP contribution in [0.25, 0.3) is 0 Å². The zero-order chi connectivity index (χ0) is 11.5. The first-order chi connectivity index (χ1) is 7.65. The van der Waals surface area contributed by atoms with E-state index in [-0.39, 0.29) is 0 Å². The molecule has 2 N–H and O–H groups in total. The fourth-order valence-corrected chi connectivity index (χ4v) is 1.54. The van der Waals surface area contributed by atoms with Gasteiger partial charge in [0.05, 0.1) is 5.02 Å². The number of ether oxygens (including phenoxy) is 1. The van der Waals surface area contributed by atoms with Gasteiger partial charge in [-0.1, -0.05) is 29.3 Å². The summed E-state index contributed by atoms with van der Waals surface area (Å²) in [7, 11) is 0. The van der Waals surface area contributed by atoms with E-state index in [0.29, 0.717) is 27.5 Å². The van der Waals surface area contributed by atoms with E-state index < -0.39 is 0 Å². The van der Waals surface area contributed by atoms with Crippen LogP contribution in [0, 0.1) is 0 Å². The number of nitrogen functional groups attached to an aromatic ring is 1. The summed E-state index contributed by atoms with van der Waals surface area (Å²) in [6.07, 6.45) is 0. The van der Waals surface area contributed by atoms with Crippen LogP contribution in [-0.2, 0) is 0 Å². The highest BCUT2D eigenvalue weighted by molar-refractivity contribution is 6.32. The molecule has 0 aliphatic carbocycles. The highest BCUT2D eigenvalue weighted by atomic mass is 35.5. The van der Waals surface area contributed by atoms with Crippen LogP contribution in [0.15, 0.2) is 36.4 Å². The molecule has 0 spiro atoms. The van der Waals surface area contributed by atoms with Crippen LogP contribution in [-0.4, -0.2) is 4.98 Å². The molecule has 0 amide bonds. The third-order valence-corrected chi connectivity index (χ3v) is 2.37. The SMILES string of the molecule is Nc1ccc(Oc2cccc(Cl)n2)c(Cl)c1. The summed E-state index contributed by atoms with van der Waals surface area (Å²) in [6.45, 7) is 0. The molecule has 1 aromatic heterocycles. The third-order valence-electron chi connectivity index (χ3n) is 1.86. The first-order valence-electron chi connectivity index (χ1n) is 4.50. The third kappa shape index (κ3) is 2.56. The Morgan fingerprint density at radius 2 is 1.94 bits per heavy atom. The van der Waals surface area contributed by atoms with Gasteiger partial charge in [0.1, 0.15) is 10.9 Å². The minimum atomic E-state index is 0.365. The van der Waals surface area contributed by atoms with Crippen molar-refractivity contribution in [3.8, 4) is 11.6 Å². The number of nitrogens with two attached hydrogens (primary N) is 1. The molecule has 82 valence electrons. The summed E-state index contributed by atoms with van der Waals surface area (Å²) in [5.74, 6) is 0.879. The van der Waals surface area contributed by atoms with Gasteiger partial charge in [0.2, 0.25) is 5.88 Å². The molecule has 0 unspecified atom stereocenters. The second-order valence-electron chi connectivity index (χ2n) is 3.09. The van der Waals surface area contributed by atoms with Crippen molar-refractivity contribution in [3.05, 3.63) is 46.6 Å². The van der Waals surface area contributed by atoms with Gasteiger partial charge in [0.25, 0.3) is 0 Å². The Balaban J connectivity index is 2.27. The quantitative estimate of drug-likeness (QED) is 0.656. The molecular weight excluding hydrogens is 247 g/mol. The van der Waals surface area contributed by atoms with Gasteiger partial charge in [-0.3, -0.25) is 0 Å². The van der Waals surface area contributed by atoms with Crippen LogP contribution in [0.5, 0.6) is 11.6 Å². The number of hydrogen-bond donors (Lipinski definition) is 1. The molecule has 0 bridgehead atoms. The fourth-order valence-electron chi connectivity index (χ4n) is 1.16. The molecule has 0 radical (unpaired) electrons. The van der Waals surface area contributed by atoms with Crippen LogP contribution in [0.4, 0.5) is 5.69 Å². The molecule has 2 rings (SSSR count). The Bertz CT molecular complexity index is 517. The van der Waals surface area contributed by atoms with Crippen molar-refractivity contribution in [2.45, 2.75) is 0 Å². The summed E-state index contributed by atoms with van der Waals surface area (Å²) in [6, 6.07) is 10.1. The minimum absolute atomic E-state index is 0.365. The molecule has 0 fully saturated rings. The van der Waals surface area contributed by atoms with E-state index >= 15 is 0 Å². The number of pyridine rings is 1. The zero-order valence-corrected chi connectivity index (χ0v) is 9.66. The first kappa shape index (κ1) is 11.0. The van der Waals surface area contributed by atoms with Crippen LogP contribution >= 0.6 is 23.2 Å². The van der Waals surface area contributed by atoms with E-state index in [0.717, 1.165) is 0 Å². The lowest BCUT2D eigenvalue weighted by atomic mass is 10.3. The van der Waals surface area contributed by atoms with Crippen LogP contribution in [0.1, 0.15) is 0 Å². The van der Waals surface area contributed by atoms with Crippen LogP contribution in [0.3, 0.4) is 0 Å². The monoisotopic (exact) mass is 254 g/mol. The number of halogens is 2. The van der Waals surface area contributed by atoms with Crippen molar-refractivity contribution in [2.75, 3.05) is 5.73 Å². The summed E-state index contributed by atoms with van der Waals surface area (Å²) < 4.78 is 5.46. The van der Waals surface area contributed by atoms with Crippen molar-refractivity contribution >= 4 is 28.9 Å². The molecule has 3 nitrogen and oxygen atoms in total. The largest absolute Gasteiger partial charge is 0.437 e. The number of nitrogens with zero attached hydrogens (tertiary/aromatic N) is 1. The molecule has 0 aliphatic heterocycles. The predicted molar refractivity (Wildman–Crippen MR) is 65.2 cm³/mol. The Kier molecular flexibility index (Phi) is 3.17. The summed E-state index contributed by atoms with van der Waals surface area (Å²) in [5, 5.41) is 0.797. The van der Waals surface area contributed by atoms with E-state index in [1.807, 2.05) is 0 Å². The van der Waals surface area contributed by atoms with Gasteiger partial charge in [-0.05, 0) is 24.3 Å². The van der Waals surface area contributed by atoms with Crippen molar-refractivity contribution in [1.82, 2.24) is 4.98 Å². The normalized spacial score (nSPS) is 10.1. The standard InChI is InChI=1S/C11H8Cl2N2O/c12-8-6-7(14)4-5-9(8)16-11-3-1-2-10(13)15-11/h1-6H,14H2. The molecule has 5 heteroatoms. The lowest BCUT2D eigenvalue weighted by Gasteiger charge is -2.06. The first-order valence-corrected chi connectivity index (χ1v) is 5.26. The zero-order valence-electron chi connectivity index (χ0n) is 8.15. The second-order valence-corrected chi connectivity index (χ2v) is 3.88. The van der Waals surface area contributed by atoms with E-state index in [2.05, 4.69) is 4.98 Å². The van der Waals surface area contributed by atoms with Gasteiger partial charge in [-0.2, -0.15) is 0 Å². The van der Waals surface area contributed by atoms with Crippen molar-refractivity contribution in [1.29, 1.82) is 0 Å². The lowest BCUT2D eigenvalue weighted by molar-refractivity contribution is 0.463. The number of aromatic nitrogens is 1. The number of anilines is 1. The topological polar surface area (TPSA) is 48.1 Å². The molecule has 0 saturated carbocycles. The van der Waals surface area contributed by atoms with Crippen molar-refractivity contribution < 1.29 is 4.74 Å². The van der Waals surface area contributed by atoms with Crippen LogP contribution in [0.2, 0.25) is 10.2 Å². The van der Waals surface area contributed by atoms with Gasteiger partial charge in [0, 0.05) is 11.8 Å². The predicted octanol–water partition coefficient (Wildman–Crippen LogP) is 3.76. The van der Waals surface area contributed by atoms with Crippen molar-refractivity contribution in [2.24, 2.45) is 0 Å². The molecular formula is C11H8Cl2N2O. The fraction of sp³-hybridized carbons (Fsp3) is 0. The van der Waals surface area contributed by atoms with Crippen LogP contribution < -0.4 is 10.5 Å². The van der Waals surface area contributed by atoms with Gasteiger partial charge in [-0.15, -0.1) is 0 Å². The maximum absolute atomic E-state index is 5.95. The van der Waals surface area contributed by atoms with Gasteiger partial charge >= 0.3 is 0 Å². The van der Waals surface area contributed by atoms with Crippen molar-refractivity contribution in [3.63, 3.8) is 0 Å². The van der Waals surface area contributed by atoms with Gasteiger partial charge < -0.3 is 10.5 Å². The average Bonchev–Trinajstić information content (AvgIpc) is 2.22. The summed E-state index contributed by atoms with van der Waals surface area (Å²) in [4.78, 5) is 3.99. The molecule has 0 aliphatic rings. The van der Waals surface area contributed by atoms with E-state index in [1.54, 1.807) is 36.4 Å². The molecule has 0 saturated heterocycles. The highest BCUT2D eigenvalue weighted by Crippen LogP contribution is 2.30. The minimum Gasteiger partial charge on any atom is -0.437 e. The Labute approximate surface area is 103 Å². The lowest BCUT2D eigenvalue weighted by Crippen LogP contribution is -1.90. The van der Waals surface area contributed by atoms with E-state index in [9.17, 15) is 0 Å². The van der Waals surface area contributed by atoms with E-state index in [4.69, 9.17) is 33.7 Å². The van der Waals surface area contributed by atoms with Gasteiger partial charge in [0.15, 0.2) is 0 Å². The molecule has 1 heterocycles. The summed E-state index contributed by atoms with van der Waals surface area (Å²) in [5.41, 5.74) is 6.15. The Morgan fingerprint density at radius 1 is 1.12 bits per heavy atom. The summed E-state index contributed by atoms with van der Waals surface area (Å²) >= 11 is 11.7. The Hall–Kier alpha value is -1.45. The van der Waals surface area contributed by atoms with E-state index in [1.165, 1.54) is 0 Å².